The van der Waals surface area contributed by atoms with Crippen molar-refractivity contribution in [2.24, 2.45) is 23.6 Å². The Bertz CT molecular complexity index is 441. The molecule has 0 aromatic heterocycles. The summed E-state index contributed by atoms with van der Waals surface area (Å²) in [6.07, 6.45) is 4.63. The molecular weight excluding hydrogens is 251 g/mol. The van der Waals surface area contributed by atoms with Gasteiger partial charge in [-0.1, -0.05) is 24.1 Å². The van der Waals surface area contributed by atoms with Crippen molar-refractivity contribution in [2.45, 2.75) is 31.7 Å². The summed E-state index contributed by atoms with van der Waals surface area (Å²) in [6, 6.07) is 5.07. The maximum absolute atomic E-state index is 13.8. The van der Waals surface area contributed by atoms with Crippen LogP contribution in [-0.4, -0.2) is 6.04 Å². The van der Waals surface area contributed by atoms with E-state index in [1.807, 2.05) is 0 Å². The lowest BCUT2D eigenvalue weighted by Gasteiger charge is -2.18. The van der Waals surface area contributed by atoms with Crippen molar-refractivity contribution in [2.75, 3.05) is 0 Å². The van der Waals surface area contributed by atoms with E-state index in [0.29, 0.717) is 22.9 Å². The van der Waals surface area contributed by atoms with Crippen LogP contribution in [0.3, 0.4) is 0 Å². The highest BCUT2D eigenvalue weighted by atomic mass is 35.5. The fourth-order valence-corrected chi connectivity index (χ4v) is 3.86. The molecule has 0 saturated heterocycles. The lowest BCUT2D eigenvalue weighted by Crippen LogP contribution is -2.39. The van der Waals surface area contributed by atoms with Gasteiger partial charge in [-0.05, 0) is 54.7 Å². The van der Waals surface area contributed by atoms with Gasteiger partial charge in [0.25, 0.3) is 0 Å². The van der Waals surface area contributed by atoms with E-state index in [0.717, 1.165) is 11.8 Å². The molecule has 2 aliphatic rings. The molecule has 0 spiro atoms. The molecule has 2 saturated carbocycles. The van der Waals surface area contributed by atoms with Crippen molar-refractivity contribution in [3.05, 3.63) is 34.6 Å². The van der Waals surface area contributed by atoms with E-state index < -0.39 is 0 Å². The van der Waals surface area contributed by atoms with E-state index in [2.05, 4.69) is 5.43 Å². The van der Waals surface area contributed by atoms with E-state index in [1.165, 1.54) is 25.3 Å². The first-order chi connectivity index (χ1) is 8.70. The van der Waals surface area contributed by atoms with Gasteiger partial charge in [-0.15, -0.1) is 0 Å². The number of nitrogens with two attached hydrogens (primary N) is 1. The van der Waals surface area contributed by atoms with Crippen LogP contribution >= 0.6 is 11.6 Å². The van der Waals surface area contributed by atoms with Crippen molar-refractivity contribution in [3.63, 3.8) is 0 Å². The highest BCUT2D eigenvalue weighted by Gasteiger charge is 2.55. The topological polar surface area (TPSA) is 38.0 Å². The molecule has 0 heterocycles. The molecule has 0 bridgehead atoms. The van der Waals surface area contributed by atoms with Crippen LogP contribution < -0.4 is 11.3 Å². The fraction of sp³-hybridized carbons (Fsp3) is 0.571. The Morgan fingerprint density at radius 2 is 2.11 bits per heavy atom. The van der Waals surface area contributed by atoms with Crippen molar-refractivity contribution >= 4 is 11.6 Å². The summed E-state index contributed by atoms with van der Waals surface area (Å²) in [5.41, 5.74) is 3.58. The third kappa shape index (κ3) is 2.15. The molecule has 3 rings (SSSR count). The predicted molar refractivity (Wildman–Crippen MR) is 70.5 cm³/mol. The molecule has 3 atom stereocenters. The summed E-state index contributed by atoms with van der Waals surface area (Å²) in [5.74, 6) is 7.70. The number of nitrogens with one attached hydrogen (secondary N) is 1. The van der Waals surface area contributed by atoms with Gasteiger partial charge in [0.1, 0.15) is 5.82 Å². The smallest absolute Gasteiger partial charge is 0.127 e. The molecule has 1 aromatic rings. The van der Waals surface area contributed by atoms with E-state index in [9.17, 15) is 4.39 Å². The molecule has 3 unspecified atom stereocenters. The lowest BCUT2D eigenvalue weighted by molar-refractivity contribution is 0.405. The lowest BCUT2D eigenvalue weighted by atomic mass is 9.97. The zero-order chi connectivity index (χ0) is 12.7. The number of hydrogen-bond acceptors (Lipinski definition) is 2. The Morgan fingerprint density at radius 1 is 1.39 bits per heavy atom. The van der Waals surface area contributed by atoms with Crippen molar-refractivity contribution in [3.8, 4) is 0 Å². The first-order valence-corrected chi connectivity index (χ1v) is 6.98. The molecule has 3 N–H and O–H groups in total. The monoisotopic (exact) mass is 268 g/mol. The molecular formula is C14H18ClFN2. The average Bonchev–Trinajstić information content (AvgIpc) is 2.82. The van der Waals surface area contributed by atoms with E-state index in [-0.39, 0.29) is 11.9 Å². The molecule has 2 fully saturated rings. The number of hydrazine groups is 1. The summed E-state index contributed by atoms with van der Waals surface area (Å²) in [5, 5.41) is 0.441. The van der Waals surface area contributed by atoms with Crippen LogP contribution in [0.5, 0.6) is 0 Å². The molecule has 0 aliphatic heterocycles. The highest BCUT2D eigenvalue weighted by molar-refractivity contribution is 6.30. The molecule has 2 aliphatic carbocycles. The molecule has 98 valence electrons. The predicted octanol–water partition coefficient (Wildman–Crippen LogP) is 2.90. The highest BCUT2D eigenvalue weighted by Crippen LogP contribution is 2.59. The van der Waals surface area contributed by atoms with E-state index >= 15 is 0 Å². The van der Waals surface area contributed by atoms with Crippen LogP contribution in [0, 0.1) is 23.6 Å². The minimum Gasteiger partial charge on any atom is -0.271 e. The number of hydrogen-bond donors (Lipinski definition) is 2. The second-order valence-electron chi connectivity index (χ2n) is 5.55. The Morgan fingerprint density at radius 3 is 2.72 bits per heavy atom. The average molecular weight is 269 g/mol. The van der Waals surface area contributed by atoms with Gasteiger partial charge in [-0.3, -0.25) is 11.3 Å². The molecule has 0 amide bonds. The first kappa shape index (κ1) is 12.4. The van der Waals surface area contributed by atoms with E-state index in [4.69, 9.17) is 17.4 Å². The van der Waals surface area contributed by atoms with Gasteiger partial charge in [0.15, 0.2) is 0 Å². The molecule has 4 heteroatoms. The molecule has 0 radical (unpaired) electrons. The van der Waals surface area contributed by atoms with Gasteiger partial charge < -0.3 is 0 Å². The van der Waals surface area contributed by atoms with Crippen LogP contribution in [0.2, 0.25) is 5.02 Å². The zero-order valence-corrected chi connectivity index (χ0v) is 11.0. The summed E-state index contributed by atoms with van der Waals surface area (Å²) in [4.78, 5) is 0. The normalized spacial score (nSPS) is 31.2. The second-order valence-corrected chi connectivity index (χ2v) is 5.99. The van der Waals surface area contributed by atoms with Crippen molar-refractivity contribution in [1.29, 1.82) is 0 Å². The van der Waals surface area contributed by atoms with Gasteiger partial charge in [0.2, 0.25) is 0 Å². The standard InChI is InChI=1S/C14H18ClFN2/c15-9-5-4-8(12(16)7-9)6-13(18-17)14-10-2-1-3-11(10)14/h4-5,7,10-11,13-14,18H,1-3,6,17H2. The Hall–Kier alpha value is -0.640. The number of halogens is 2. The minimum atomic E-state index is -0.228. The van der Waals surface area contributed by atoms with Crippen LogP contribution in [0.25, 0.3) is 0 Å². The number of rotatable bonds is 4. The molecule has 2 nitrogen and oxygen atoms in total. The van der Waals surface area contributed by atoms with Crippen molar-refractivity contribution < 1.29 is 4.39 Å². The van der Waals surface area contributed by atoms with Crippen molar-refractivity contribution in [1.82, 2.24) is 5.43 Å². The van der Waals surface area contributed by atoms with Gasteiger partial charge in [0.05, 0.1) is 0 Å². The van der Waals surface area contributed by atoms with Gasteiger partial charge in [-0.25, -0.2) is 4.39 Å². The maximum Gasteiger partial charge on any atom is 0.127 e. The van der Waals surface area contributed by atoms with Crippen LogP contribution in [0.1, 0.15) is 24.8 Å². The maximum atomic E-state index is 13.8. The second kappa shape index (κ2) is 4.80. The summed E-state index contributed by atoms with van der Waals surface area (Å²) in [7, 11) is 0. The van der Waals surface area contributed by atoms with Gasteiger partial charge in [0, 0.05) is 11.1 Å². The SMILES string of the molecule is NNC(Cc1ccc(Cl)cc1F)C1C2CCCC21. The Kier molecular flexibility index (Phi) is 3.31. The third-order valence-electron chi connectivity index (χ3n) is 4.61. The van der Waals surface area contributed by atoms with Gasteiger partial charge >= 0.3 is 0 Å². The summed E-state index contributed by atoms with van der Waals surface area (Å²) >= 11 is 5.76. The number of fused-ring (bicyclic) bond motifs is 1. The summed E-state index contributed by atoms with van der Waals surface area (Å²) < 4.78 is 13.8. The minimum absolute atomic E-state index is 0.191. The number of benzene rings is 1. The van der Waals surface area contributed by atoms with Crippen LogP contribution in [0.15, 0.2) is 18.2 Å². The Balaban J connectivity index is 1.70. The van der Waals surface area contributed by atoms with Crippen LogP contribution in [0.4, 0.5) is 4.39 Å². The zero-order valence-electron chi connectivity index (χ0n) is 10.2. The third-order valence-corrected chi connectivity index (χ3v) is 4.84. The van der Waals surface area contributed by atoms with E-state index in [1.54, 1.807) is 12.1 Å². The first-order valence-electron chi connectivity index (χ1n) is 6.60. The molecule has 1 aromatic carbocycles. The molecule has 18 heavy (non-hydrogen) atoms. The fourth-order valence-electron chi connectivity index (χ4n) is 3.70. The largest absolute Gasteiger partial charge is 0.271 e. The van der Waals surface area contributed by atoms with Crippen LogP contribution in [-0.2, 0) is 6.42 Å². The quantitative estimate of drug-likeness (QED) is 0.651. The Labute approximate surface area is 112 Å². The summed E-state index contributed by atoms with van der Waals surface area (Å²) in [6.45, 7) is 0. The van der Waals surface area contributed by atoms with Gasteiger partial charge in [-0.2, -0.15) is 0 Å².